The Kier molecular flexibility index (Phi) is 6.43. The third-order valence-corrected chi connectivity index (χ3v) is 4.96. The minimum absolute atomic E-state index is 0.308. The second kappa shape index (κ2) is 8.99. The topological polar surface area (TPSA) is 74.8 Å². The molecule has 1 heterocycles. The van der Waals surface area contributed by atoms with Crippen LogP contribution in [0.25, 0.3) is 0 Å². The molecule has 3 rings (SSSR count). The highest BCUT2D eigenvalue weighted by atomic mass is 79.9. The van der Waals surface area contributed by atoms with Gasteiger partial charge in [-0.3, -0.25) is 4.79 Å². The van der Waals surface area contributed by atoms with Crippen molar-refractivity contribution in [2.24, 2.45) is 5.10 Å². The number of hydrazone groups is 1. The summed E-state index contributed by atoms with van der Waals surface area (Å²) in [5, 5.41) is 10.7. The molecule has 1 unspecified atom stereocenters. The van der Waals surface area contributed by atoms with Crippen LogP contribution in [0, 0.1) is 0 Å². The molecule has 8 heteroatoms. The van der Waals surface area contributed by atoms with Crippen LogP contribution in [-0.4, -0.2) is 24.3 Å². The molecule has 0 saturated carbocycles. The molecule has 1 amide bonds. The predicted molar refractivity (Wildman–Crippen MR) is 117 cm³/mol. The number of halogens is 1. The molecule has 1 aliphatic rings. The SMILES string of the molecule is COc1ccc(/C=N/NC(=O)C2=C(C)NC(=S)NC2c2ccc(Br)cc2)cc1. The molecule has 0 spiro atoms. The van der Waals surface area contributed by atoms with Gasteiger partial charge in [0.25, 0.3) is 5.91 Å². The number of thiocarbonyl (C=S) groups is 1. The maximum Gasteiger partial charge on any atom is 0.271 e. The van der Waals surface area contributed by atoms with E-state index in [4.69, 9.17) is 17.0 Å². The van der Waals surface area contributed by atoms with Gasteiger partial charge < -0.3 is 15.4 Å². The number of hydrogen-bond acceptors (Lipinski definition) is 4. The van der Waals surface area contributed by atoms with Crippen LogP contribution >= 0.6 is 28.1 Å². The molecule has 0 aromatic heterocycles. The highest BCUT2D eigenvalue weighted by molar-refractivity contribution is 9.10. The Morgan fingerprint density at radius 3 is 2.54 bits per heavy atom. The Balaban J connectivity index is 1.78. The van der Waals surface area contributed by atoms with Gasteiger partial charge in [-0.2, -0.15) is 5.10 Å². The minimum Gasteiger partial charge on any atom is -0.497 e. The quantitative estimate of drug-likeness (QED) is 0.363. The second-order valence-electron chi connectivity index (χ2n) is 6.09. The summed E-state index contributed by atoms with van der Waals surface area (Å²) in [6, 6.07) is 14.7. The maximum absolute atomic E-state index is 12.8. The van der Waals surface area contributed by atoms with E-state index in [9.17, 15) is 4.79 Å². The summed E-state index contributed by atoms with van der Waals surface area (Å²) >= 11 is 8.69. The Morgan fingerprint density at radius 1 is 1.21 bits per heavy atom. The van der Waals surface area contributed by atoms with E-state index in [1.807, 2.05) is 55.5 Å². The number of amides is 1. The van der Waals surface area contributed by atoms with Gasteiger partial charge in [-0.1, -0.05) is 28.1 Å². The van der Waals surface area contributed by atoms with Gasteiger partial charge in [-0.05, 0) is 66.7 Å². The molecule has 0 radical (unpaired) electrons. The summed E-state index contributed by atoms with van der Waals surface area (Å²) in [4.78, 5) is 12.8. The van der Waals surface area contributed by atoms with E-state index in [0.717, 1.165) is 21.3 Å². The molecule has 1 aliphatic heterocycles. The summed E-state index contributed by atoms with van der Waals surface area (Å²) in [5.74, 6) is 0.451. The van der Waals surface area contributed by atoms with E-state index in [0.29, 0.717) is 16.4 Å². The van der Waals surface area contributed by atoms with E-state index in [1.165, 1.54) is 0 Å². The summed E-state index contributed by atoms with van der Waals surface area (Å²) in [6.45, 7) is 1.82. The lowest BCUT2D eigenvalue weighted by molar-refractivity contribution is -0.117. The Bertz CT molecular complexity index is 940. The standard InChI is InChI=1S/C20H19BrN4O2S/c1-12-17(18(24-20(28)23-12)14-5-7-15(21)8-6-14)19(26)25-22-11-13-3-9-16(27-2)10-4-13/h3-11,18H,1-2H3,(H,25,26)(H2,23,24,28)/b22-11+. The Labute approximate surface area is 177 Å². The van der Waals surface area contributed by atoms with Gasteiger partial charge in [-0.15, -0.1) is 0 Å². The fourth-order valence-corrected chi connectivity index (χ4v) is 3.35. The lowest BCUT2D eigenvalue weighted by Crippen LogP contribution is -2.46. The van der Waals surface area contributed by atoms with Crippen LogP contribution in [0.1, 0.15) is 24.1 Å². The molecule has 28 heavy (non-hydrogen) atoms. The first-order valence-electron chi connectivity index (χ1n) is 8.49. The van der Waals surface area contributed by atoms with Gasteiger partial charge in [-0.25, -0.2) is 5.43 Å². The number of nitrogens with zero attached hydrogens (tertiary/aromatic N) is 1. The average Bonchev–Trinajstić information content (AvgIpc) is 2.68. The van der Waals surface area contributed by atoms with E-state index in [-0.39, 0.29) is 11.9 Å². The fraction of sp³-hybridized carbons (Fsp3) is 0.150. The van der Waals surface area contributed by atoms with Crippen LogP contribution in [0.2, 0.25) is 0 Å². The number of nitrogens with one attached hydrogen (secondary N) is 3. The summed E-state index contributed by atoms with van der Waals surface area (Å²) in [5.41, 5.74) is 5.59. The van der Waals surface area contributed by atoms with Crippen LogP contribution < -0.4 is 20.8 Å². The third-order valence-electron chi connectivity index (χ3n) is 4.21. The van der Waals surface area contributed by atoms with E-state index >= 15 is 0 Å². The smallest absolute Gasteiger partial charge is 0.271 e. The van der Waals surface area contributed by atoms with Gasteiger partial charge in [0.2, 0.25) is 0 Å². The van der Waals surface area contributed by atoms with Gasteiger partial charge in [0.05, 0.1) is 24.9 Å². The number of ether oxygens (including phenoxy) is 1. The zero-order valence-electron chi connectivity index (χ0n) is 15.3. The normalized spacial score (nSPS) is 16.5. The van der Waals surface area contributed by atoms with Crippen molar-refractivity contribution in [1.82, 2.24) is 16.1 Å². The second-order valence-corrected chi connectivity index (χ2v) is 7.42. The first kappa shape index (κ1) is 20.0. The van der Waals surface area contributed by atoms with Crippen LogP contribution in [0.5, 0.6) is 5.75 Å². The molecule has 0 aliphatic carbocycles. The molecule has 2 aromatic carbocycles. The van der Waals surface area contributed by atoms with Crippen LogP contribution in [0.3, 0.4) is 0 Å². The van der Waals surface area contributed by atoms with Crippen molar-refractivity contribution < 1.29 is 9.53 Å². The van der Waals surface area contributed by atoms with Crippen molar-refractivity contribution in [2.45, 2.75) is 13.0 Å². The highest BCUT2D eigenvalue weighted by Crippen LogP contribution is 2.27. The lowest BCUT2D eigenvalue weighted by atomic mass is 9.95. The van der Waals surface area contributed by atoms with Crippen molar-refractivity contribution in [3.63, 3.8) is 0 Å². The molecule has 0 bridgehead atoms. The molecular formula is C20H19BrN4O2S. The number of benzene rings is 2. The maximum atomic E-state index is 12.8. The minimum atomic E-state index is -0.363. The van der Waals surface area contributed by atoms with E-state index in [1.54, 1.807) is 13.3 Å². The van der Waals surface area contributed by atoms with Gasteiger partial charge >= 0.3 is 0 Å². The summed E-state index contributed by atoms with van der Waals surface area (Å²) in [7, 11) is 1.61. The van der Waals surface area contributed by atoms with Gasteiger partial charge in [0, 0.05) is 10.2 Å². The molecule has 2 aromatic rings. The van der Waals surface area contributed by atoms with Crippen molar-refractivity contribution in [1.29, 1.82) is 0 Å². The molecular weight excluding hydrogens is 440 g/mol. The molecule has 6 nitrogen and oxygen atoms in total. The molecule has 1 atom stereocenters. The van der Waals surface area contributed by atoms with Crippen LogP contribution in [-0.2, 0) is 4.79 Å². The van der Waals surface area contributed by atoms with Crippen molar-refractivity contribution >= 4 is 45.4 Å². The number of carbonyl (C=O) groups excluding carboxylic acids is 1. The number of allylic oxidation sites excluding steroid dienone is 1. The lowest BCUT2D eigenvalue weighted by Gasteiger charge is -2.30. The van der Waals surface area contributed by atoms with E-state index < -0.39 is 0 Å². The van der Waals surface area contributed by atoms with E-state index in [2.05, 4.69) is 37.1 Å². The summed E-state index contributed by atoms with van der Waals surface area (Å²) < 4.78 is 6.09. The zero-order valence-corrected chi connectivity index (χ0v) is 17.7. The number of carbonyl (C=O) groups is 1. The van der Waals surface area contributed by atoms with Crippen LogP contribution in [0.4, 0.5) is 0 Å². The largest absolute Gasteiger partial charge is 0.497 e. The Hall–Kier alpha value is -2.71. The average molecular weight is 459 g/mol. The van der Waals surface area contributed by atoms with Crippen molar-refractivity contribution in [3.8, 4) is 5.75 Å². The Morgan fingerprint density at radius 2 is 1.89 bits per heavy atom. The van der Waals surface area contributed by atoms with Gasteiger partial charge in [0.15, 0.2) is 5.11 Å². The first-order valence-corrected chi connectivity index (χ1v) is 9.69. The summed E-state index contributed by atoms with van der Waals surface area (Å²) in [6.07, 6.45) is 1.58. The zero-order chi connectivity index (χ0) is 20.1. The molecule has 0 fully saturated rings. The van der Waals surface area contributed by atoms with Crippen LogP contribution in [0.15, 0.2) is 69.4 Å². The highest BCUT2D eigenvalue weighted by Gasteiger charge is 2.29. The molecule has 0 saturated heterocycles. The first-order chi connectivity index (χ1) is 13.5. The fourth-order valence-electron chi connectivity index (χ4n) is 2.82. The number of hydrogen-bond donors (Lipinski definition) is 3. The van der Waals surface area contributed by atoms with Crippen molar-refractivity contribution in [2.75, 3.05) is 7.11 Å². The van der Waals surface area contributed by atoms with Gasteiger partial charge in [0.1, 0.15) is 5.75 Å². The monoisotopic (exact) mass is 458 g/mol. The third kappa shape index (κ3) is 4.76. The van der Waals surface area contributed by atoms with Crippen molar-refractivity contribution in [3.05, 3.63) is 75.4 Å². The number of rotatable bonds is 5. The number of methoxy groups -OCH3 is 1. The predicted octanol–water partition coefficient (Wildman–Crippen LogP) is 3.40. The molecule has 3 N–H and O–H groups in total. The molecule has 144 valence electrons.